The third kappa shape index (κ3) is 5.01. The second-order valence-corrected chi connectivity index (χ2v) is 5.77. The first-order valence-electron chi connectivity index (χ1n) is 7.65. The molecule has 2 unspecified atom stereocenters. The first kappa shape index (κ1) is 15.8. The van der Waals surface area contributed by atoms with Gasteiger partial charge in [0.25, 0.3) is 0 Å². The van der Waals surface area contributed by atoms with Crippen molar-refractivity contribution in [1.82, 2.24) is 15.6 Å². The number of methoxy groups -OCH3 is 1. The summed E-state index contributed by atoms with van der Waals surface area (Å²) in [5.41, 5.74) is 0.983. The van der Waals surface area contributed by atoms with Gasteiger partial charge in [0.15, 0.2) is 0 Å². The average molecular weight is 291 g/mol. The SMILES string of the molecule is COc1ccc(CNC(=O)CC(C)C2CCCNC2)cn1. The van der Waals surface area contributed by atoms with Gasteiger partial charge in [-0.05, 0) is 43.3 Å². The van der Waals surface area contributed by atoms with Gasteiger partial charge in [-0.3, -0.25) is 4.79 Å². The molecular weight excluding hydrogens is 266 g/mol. The summed E-state index contributed by atoms with van der Waals surface area (Å²) < 4.78 is 5.01. The summed E-state index contributed by atoms with van der Waals surface area (Å²) in [5.74, 6) is 1.74. The van der Waals surface area contributed by atoms with Crippen molar-refractivity contribution in [1.29, 1.82) is 0 Å². The molecule has 1 fully saturated rings. The van der Waals surface area contributed by atoms with E-state index in [1.165, 1.54) is 12.8 Å². The van der Waals surface area contributed by atoms with Crippen LogP contribution in [0.25, 0.3) is 0 Å². The Labute approximate surface area is 126 Å². The van der Waals surface area contributed by atoms with Crippen LogP contribution in [0.1, 0.15) is 31.7 Å². The van der Waals surface area contributed by atoms with Gasteiger partial charge in [0.2, 0.25) is 11.8 Å². The highest BCUT2D eigenvalue weighted by molar-refractivity contribution is 5.76. The van der Waals surface area contributed by atoms with Gasteiger partial charge < -0.3 is 15.4 Å². The molecule has 0 spiro atoms. The lowest BCUT2D eigenvalue weighted by molar-refractivity contribution is -0.122. The number of piperidine rings is 1. The Morgan fingerprint density at radius 1 is 1.57 bits per heavy atom. The standard InChI is InChI=1S/C16H25N3O2/c1-12(14-4-3-7-17-11-14)8-15(20)18-9-13-5-6-16(21-2)19-10-13/h5-6,10,12,14,17H,3-4,7-9,11H2,1-2H3,(H,18,20). The summed E-state index contributed by atoms with van der Waals surface area (Å²) >= 11 is 0. The smallest absolute Gasteiger partial charge is 0.220 e. The molecule has 0 aromatic carbocycles. The molecule has 0 aliphatic carbocycles. The lowest BCUT2D eigenvalue weighted by atomic mass is 9.85. The van der Waals surface area contributed by atoms with Crippen LogP contribution in [0, 0.1) is 11.8 Å². The zero-order valence-corrected chi connectivity index (χ0v) is 12.9. The molecule has 1 aliphatic heterocycles. The maximum atomic E-state index is 12.0. The van der Waals surface area contributed by atoms with E-state index in [1.807, 2.05) is 6.07 Å². The Hall–Kier alpha value is -1.62. The van der Waals surface area contributed by atoms with E-state index in [4.69, 9.17) is 4.74 Å². The molecule has 1 saturated heterocycles. The van der Waals surface area contributed by atoms with Crippen LogP contribution in [0.15, 0.2) is 18.3 Å². The first-order chi connectivity index (χ1) is 10.2. The van der Waals surface area contributed by atoms with E-state index in [0.29, 0.717) is 30.7 Å². The lowest BCUT2D eigenvalue weighted by Gasteiger charge is -2.28. The normalized spacial score (nSPS) is 19.8. The monoisotopic (exact) mass is 291 g/mol. The van der Waals surface area contributed by atoms with Gasteiger partial charge in [0, 0.05) is 25.2 Å². The predicted octanol–water partition coefficient (Wildman–Crippen LogP) is 1.73. The highest BCUT2D eigenvalue weighted by atomic mass is 16.5. The first-order valence-corrected chi connectivity index (χ1v) is 7.65. The summed E-state index contributed by atoms with van der Waals surface area (Å²) in [6.45, 7) is 4.84. The minimum atomic E-state index is 0.115. The summed E-state index contributed by atoms with van der Waals surface area (Å²) in [4.78, 5) is 16.1. The fraction of sp³-hybridized carbons (Fsp3) is 0.625. The van der Waals surface area contributed by atoms with Gasteiger partial charge >= 0.3 is 0 Å². The molecule has 21 heavy (non-hydrogen) atoms. The van der Waals surface area contributed by atoms with E-state index in [1.54, 1.807) is 19.4 Å². The van der Waals surface area contributed by atoms with Gasteiger partial charge in [-0.25, -0.2) is 4.98 Å². The highest BCUT2D eigenvalue weighted by Gasteiger charge is 2.21. The summed E-state index contributed by atoms with van der Waals surface area (Å²) in [6.07, 6.45) is 4.77. The predicted molar refractivity (Wildman–Crippen MR) is 82.0 cm³/mol. The Morgan fingerprint density at radius 2 is 2.43 bits per heavy atom. The Morgan fingerprint density at radius 3 is 3.05 bits per heavy atom. The molecule has 1 amide bonds. The van der Waals surface area contributed by atoms with Gasteiger partial charge in [-0.15, -0.1) is 0 Å². The molecule has 1 aromatic rings. The lowest BCUT2D eigenvalue weighted by Crippen LogP contribution is -2.35. The second-order valence-electron chi connectivity index (χ2n) is 5.77. The molecule has 1 aromatic heterocycles. The molecule has 2 rings (SSSR count). The number of rotatable bonds is 6. The summed E-state index contributed by atoms with van der Waals surface area (Å²) in [7, 11) is 1.59. The zero-order valence-electron chi connectivity index (χ0n) is 12.9. The molecule has 116 valence electrons. The van der Waals surface area contributed by atoms with Crippen molar-refractivity contribution in [2.45, 2.75) is 32.7 Å². The van der Waals surface area contributed by atoms with E-state index < -0.39 is 0 Å². The number of carbonyl (C=O) groups is 1. The molecule has 0 saturated carbocycles. The molecule has 1 aliphatic rings. The van der Waals surface area contributed by atoms with Crippen molar-refractivity contribution in [3.63, 3.8) is 0 Å². The minimum Gasteiger partial charge on any atom is -0.481 e. The Bertz CT molecular complexity index is 441. The zero-order chi connectivity index (χ0) is 15.1. The number of carbonyl (C=O) groups excluding carboxylic acids is 1. The van der Waals surface area contributed by atoms with Crippen molar-refractivity contribution in [2.75, 3.05) is 20.2 Å². The number of ether oxygens (including phenoxy) is 1. The minimum absolute atomic E-state index is 0.115. The fourth-order valence-corrected chi connectivity index (χ4v) is 2.73. The number of nitrogens with one attached hydrogen (secondary N) is 2. The Balaban J connectivity index is 1.73. The number of hydrogen-bond acceptors (Lipinski definition) is 4. The molecular formula is C16H25N3O2. The Kier molecular flexibility index (Phi) is 5.99. The van der Waals surface area contributed by atoms with E-state index in [-0.39, 0.29) is 5.91 Å². The highest BCUT2D eigenvalue weighted by Crippen LogP contribution is 2.22. The van der Waals surface area contributed by atoms with Crippen molar-refractivity contribution in [3.05, 3.63) is 23.9 Å². The van der Waals surface area contributed by atoms with Crippen LogP contribution < -0.4 is 15.4 Å². The topological polar surface area (TPSA) is 63.2 Å². The van der Waals surface area contributed by atoms with Crippen LogP contribution in [-0.4, -0.2) is 31.1 Å². The second kappa shape index (κ2) is 7.98. The number of aromatic nitrogens is 1. The van der Waals surface area contributed by atoms with Crippen molar-refractivity contribution in [2.24, 2.45) is 11.8 Å². The largest absolute Gasteiger partial charge is 0.481 e. The molecule has 5 heteroatoms. The molecule has 2 heterocycles. The van der Waals surface area contributed by atoms with E-state index in [9.17, 15) is 4.79 Å². The maximum Gasteiger partial charge on any atom is 0.220 e. The molecule has 0 bridgehead atoms. The van der Waals surface area contributed by atoms with Crippen LogP contribution in [0.3, 0.4) is 0 Å². The number of nitrogens with zero attached hydrogens (tertiary/aromatic N) is 1. The quantitative estimate of drug-likeness (QED) is 0.838. The summed E-state index contributed by atoms with van der Waals surface area (Å²) in [6, 6.07) is 3.72. The molecule has 5 nitrogen and oxygen atoms in total. The van der Waals surface area contributed by atoms with E-state index in [0.717, 1.165) is 18.7 Å². The van der Waals surface area contributed by atoms with Crippen molar-refractivity contribution < 1.29 is 9.53 Å². The van der Waals surface area contributed by atoms with Crippen molar-refractivity contribution in [3.8, 4) is 5.88 Å². The van der Waals surface area contributed by atoms with Gasteiger partial charge in [0.05, 0.1) is 7.11 Å². The van der Waals surface area contributed by atoms with Crippen molar-refractivity contribution >= 4 is 5.91 Å². The average Bonchev–Trinajstić information content (AvgIpc) is 2.54. The van der Waals surface area contributed by atoms with Crippen LogP contribution in [0.4, 0.5) is 0 Å². The van der Waals surface area contributed by atoms with Crippen LogP contribution in [0.2, 0.25) is 0 Å². The van der Waals surface area contributed by atoms with Gasteiger partial charge in [-0.1, -0.05) is 13.0 Å². The third-order valence-electron chi connectivity index (χ3n) is 4.14. The van der Waals surface area contributed by atoms with Gasteiger partial charge in [-0.2, -0.15) is 0 Å². The van der Waals surface area contributed by atoms with Crippen LogP contribution in [-0.2, 0) is 11.3 Å². The van der Waals surface area contributed by atoms with E-state index >= 15 is 0 Å². The third-order valence-corrected chi connectivity index (χ3v) is 4.14. The number of amides is 1. The summed E-state index contributed by atoms with van der Waals surface area (Å²) in [5, 5.41) is 6.37. The fourth-order valence-electron chi connectivity index (χ4n) is 2.73. The van der Waals surface area contributed by atoms with Gasteiger partial charge in [0.1, 0.15) is 0 Å². The van der Waals surface area contributed by atoms with Crippen LogP contribution in [0.5, 0.6) is 5.88 Å². The molecule has 2 N–H and O–H groups in total. The van der Waals surface area contributed by atoms with Crippen LogP contribution >= 0.6 is 0 Å². The number of pyridine rings is 1. The molecule has 2 atom stereocenters. The molecule has 0 radical (unpaired) electrons. The van der Waals surface area contributed by atoms with E-state index in [2.05, 4.69) is 22.5 Å². The number of hydrogen-bond donors (Lipinski definition) is 2. The maximum absolute atomic E-state index is 12.0.